The molecule has 1 aromatic heterocycles. The molecule has 2 fully saturated rings. The van der Waals surface area contributed by atoms with Crippen molar-refractivity contribution < 1.29 is 4.79 Å². The van der Waals surface area contributed by atoms with Crippen LogP contribution in [0.2, 0.25) is 0 Å². The van der Waals surface area contributed by atoms with E-state index in [1.807, 2.05) is 0 Å². The molecule has 0 spiro atoms. The number of hydrogen-bond donors (Lipinski definition) is 1. The average Bonchev–Trinajstić information content (AvgIpc) is 3.02. The molecule has 1 amide bonds. The van der Waals surface area contributed by atoms with E-state index < -0.39 is 0 Å². The average molecular weight is 247 g/mol. The molecule has 1 N–H and O–H groups in total. The van der Waals surface area contributed by atoms with Crippen molar-refractivity contribution in [2.24, 2.45) is 5.92 Å². The van der Waals surface area contributed by atoms with Gasteiger partial charge in [-0.15, -0.1) is 0 Å². The molecule has 4 heteroatoms. The van der Waals surface area contributed by atoms with Crippen molar-refractivity contribution in [3.63, 3.8) is 0 Å². The van der Waals surface area contributed by atoms with Crippen molar-refractivity contribution in [1.29, 1.82) is 0 Å². The van der Waals surface area contributed by atoms with Gasteiger partial charge in [-0.05, 0) is 25.3 Å². The number of hydrogen-bond acceptors (Lipinski definition) is 2. The smallest absolute Gasteiger partial charge is 0.223 e. The zero-order chi connectivity index (χ0) is 12.4. The number of carbonyl (C=O) groups excluding carboxylic acids is 1. The summed E-state index contributed by atoms with van der Waals surface area (Å²) in [5.41, 5.74) is 1.07. The maximum atomic E-state index is 11.5. The summed E-state index contributed by atoms with van der Waals surface area (Å²) in [6.45, 7) is 0.826. The number of carbonyl (C=O) groups is 1. The fraction of sp³-hybridized carbons (Fsp3) is 0.714. The molecule has 2 heterocycles. The molecule has 2 aliphatic rings. The Morgan fingerprint density at radius 1 is 1.28 bits per heavy atom. The third-order valence-corrected chi connectivity index (χ3v) is 4.23. The number of nitrogens with one attached hydrogen (secondary N) is 1. The summed E-state index contributed by atoms with van der Waals surface area (Å²) in [7, 11) is 0. The fourth-order valence-corrected chi connectivity index (χ4v) is 3.13. The monoisotopic (exact) mass is 247 g/mol. The summed E-state index contributed by atoms with van der Waals surface area (Å²) in [6.07, 6.45) is 10.4. The molecule has 3 rings (SSSR count). The first-order valence-corrected chi connectivity index (χ1v) is 7.14. The highest BCUT2D eigenvalue weighted by atomic mass is 16.2. The van der Waals surface area contributed by atoms with Gasteiger partial charge in [-0.1, -0.05) is 19.3 Å². The number of nitrogens with zero attached hydrogens (tertiary/aromatic N) is 2. The molecule has 0 aromatic carbocycles. The van der Waals surface area contributed by atoms with E-state index in [1.165, 1.54) is 32.1 Å². The predicted octanol–water partition coefficient (Wildman–Crippen LogP) is 2.07. The van der Waals surface area contributed by atoms with Crippen molar-refractivity contribution in [2.45, 2.75) is 51.0 Å². The first kappa shape index (κ1) is 11.8. The molecule has 4 nitrogen and oxygen atoms in total. The minimum absolute atomic E-state index is 0.139. The van der Waals surface area contributed by atoms with E-state index in [0.29, 0.717) is 6.04 Å². The molecule has 1 unspecified atom stereocenters. The predicted molar refractivity (Wildman–Crippen MR) is 69.2 cm³/mol. The van der Waals surface area contributed by atoms with Crippen LogP contribution in [0.1, 0.15) is 50.3 Å². The van der Waals surface area contributed by atoms with E-state index in [1.54, 1.807) is 0 Å². The summed E-state index contributed by atoms with van der Waals surface area (Å²) in [5.74, 6) is 0.335. The van der Waals surface area contributed by atoms with Crippen LogP contribution >= 0.6 is 0 Å². The molecule has 1 atom stereocenters. The Morgan fingerprint density at radius 2 is 2.11 bits per heavy atom. The largest absolute Gasteiger partial charge is 0.356 e. The van der Waals surface area contributed by atoms with E-state index in [-0.39, 0.29) is 11.8 Å². The van der Waals surface area contributed by atoms with Gasteiger partial charge in [-0.2, -0.15) is 5.10 Å². The lowest BCUT2D eigenvalue weighted by Crippen LogP contribution is -2.20. The Kier molecular flexibility index (Phi) is 3.35. The van der Waals surface area contributed by atoms with Crippen LogP contribution in [0.25, 0.3) is 0 Å². The lowest BCUT2D eigenvalue weighted by molar-refractivity contribution is -0.122. The molecule has 1 aromatic rings. The third-order valence-electron chi connectivity index (χ3n) is 4.23. The lowest BCUT2D eigenvalue weighted by atomic mass is 9.96. The van der Waals surface area contributed by atoms with Crippen LogP contribution < -0.4 is 5.32 Å². The maximum absolute atomic E-state index is 11.5. The van der Waals surface area contributed by atoms with Crippen molar-refractivity contribution in [1.82, 2.24) is 15.1 Å². The van der Waals surface area contributed by atoms with Gasteiger partial charge in [0.2, 0.25) is 5.91 Å². The Morgan fingerprint density at radius 3 is 2.83 bits per heavy atom. The van der Waals surface area contributed by atoms with Crippen LogP contribution in [0.15, 0.2) is 12.3 Å². The fourth-order valence-electron chi connectivity index (χ4n) is 3.13. The number of rotatable bonds is 3. The van der Waals surface area contributed by atoms with Gasteiger partial charge in [0.05, 0.1) is 11.7 Å². The second-order valence-corrected chi connectivity index (χ2v) is 5.56. The van der Waals surface area contributed by atoms with Crippen LogP contribution in [0, 0.1) is 5.92 Å². The highest BCUT2D eigenvalue weighted by Gasteiger charge is 2.25. The lowest BCUT2D eigenvalue weighted by Gasteiger charge is -2.21. The maximum Gasteiger partial charge on any atom is 0.223 e. The second-order valence-electron chi connectivity index (χ2n) is 5.56. The molecule has 0 radical (unpaired) electrons. The SMILES string of the molecule is O=C1NCCC1Cc1ccn(C2CCCCC2)n1. The normalized spacial score (nSPS) is 25.3. The third kappa shape index (κ3) is 2.42. The molecule has 1 aliphatic heterocycles. The molecular formula is C14H21N3O. The van der Waals surface area contributed by atoms with E-state index in [0.717, 1.165) is 25.1 Å². The van der Waals surface area contributed by atoms with Gasteiger partial charge < -0.3 is 5.32 Å². The van der Waals surface area contributed by atoms with Gasteiger partial charge in [0.25, 0.3) is 0 Å². The van der Waals surface area contributed by atoms with Crippen molar-refractivity contribution in [3.05, 3.63) is 18.0 Å². The Hall–Kier alpha value is -1.32. The molecule has 18 heavy (non-hydrogen) atoms. The standard InChI is InChI=1S/C14H21N3O/c18-14-11(6-8-15-14)10-12-7-9-17(16-12)13-4-2-1-3-5-13/h7,9,11,13H,1-6,8,10H2,(H,15,18). The van der Waals surface area contributed by atoms with E-state index in [2.05, 4.69) is 27.4 Å². The minimum atomic E-state index is 0.139. The minimum Gasteiger partial charge on any atom is -0.356 e. The van der Waals surface area contributed by atoms with E-state index in [9.17, 15) is 4.79 Å². The summed E-state index contributed by atoms with van der Waals surface area (Å²) in [5, 5.41) is 7.56. The van der Waals surface area contributed by atoms with E-state index >= 15 is 0 Å². The summed E-state index contributed by atoms with van der Waals surface area (Å²) < 4.78 is 2.13. The highest BCUT2D eigenvalue weighted by Crippen LogP contribution is 2.27. The zero-order valence-corrected chi connectivity index (χ0v) is 10.8. The van der Waals surface area contributed by atoms with Gasteiger partial charge >= 0.3 is 0 Å². The van der Waals surface area contributed by atoms with E-state index in [4.69, 9.17) is 0 Å². The van der Waals surface area contributed by atoms with Gasteiger partial charge in [-0.3, -0.25) is 9.48 Å². The molecular weight excluding hydrogens is 226 g/mol. The summed E-state index contributed by atoms with van der Waals surface area (Å²) in [4.78, 5) is 11.5. The molecule has 0 bridgehead atoms. The first-order valence-electron chi connectivity index (χ1n) is 7.14. The van der Waals surface area contributed by atoms with Gasteiger partial charge in [0.1, 0.15) is 0 Å². The Bertz CT molecular complexity index is 420. The number of aromatic nitrogens is 2. The van der Waals surface area contributed by atoms with Crippen LogP contribution in [-0.2, 0) is 11.2 Å². The molecule has 1 saturated heterocycles. The van der Waals surface area contributed by atoms with Crippen LogP contribution in [0.3, 0.4) is 0 Å². The summed E-state index contributed by atoms with van der Waals surface area (Å²) in [6, 6.07) is 2.67. The van der Waals surface area contributed by atoms with Crippen LogP contribution in [0.5, 0.6) is 0 Å². The number of amides is 1. The Balaban J connectivity index is 1.63. The van der Waals surface area contributed by atoms with Gasteiger partial charge in [0.15, 0.2) is 0 Å². The van der Waals surface area contributed by atoms with Crippen molar-refractivity contribution in [2.75, 3.05) is 6.54 Å². The molecule has 1 aliphatic carbocycles. The van der Waals surface area contributed by atoms with Crippen LogP contribution in [-0.4, -0.2) is 22.2 Å². The quantitative estimate of drug-likeness (QED) is 0.888. The zero-order valence-electron chi connectivity index (χ0n) is 10.8. The van der Waals surface area contributed by atoms with Gasteiger partial charge in [-0.25, -0.2) is 0 Å². The van der Waals surface area contributed by atoms with Gasteiger partial charge in [0, 0.05) is 25.1 Å². The second kappa shape index (κ2) is 5.12. The summed E-state index contributed by atoms with van der Waals surface area (Å²) >= 11 is 0. The molecule has 98 valence electrons. The molecule has 1 saturated carbocycles. The van der Waals surface area contributed by atoms with Crippen molar-refractivity contribution in [3.8, 4) is 0 Å². The van der Waals surface area contributed by atoms with Crippen molar-refractivity contribution >= 4 is 5.91 Å². The first-order chi connectivity index (χ1) is 8.83. The van der Waals surface area contributed by atoms with Crippen LogP contribution in [0.4, 0.5) is 0 Å². The Labute approximate surface area is 108 Å². The highest BCUT2D eigenvalue weighted by molar-refractivity contribution is 5.80. The topological polar surface area (TPSA) is 46.9 Å².